The lowest BCUT2D eigenvalue weighted by Crippen LogP contribution is -2.27. The lowest BCUT2D eigenvalue weighted by atomic mass is 10.1. The number of carbonyl (C=O) groups is 2. The molecule has 19 heavy (non-hydrogen) atoms. The molecule has 1 aromatic rings. The first-order valence-electron chi connectivity index (χ1n) is 6.38. The summed E-state index contributed by atoms with van der Waals surface area (Å²) in [6, 6.07) is 6.88. The van der Waals surface area contributed by atoms with E-state index in [9.17, 15) is 9.59 Å². The molecule has 4 nitrogen and oxygen atoms in total. The van der Waals surface area contributed by atoms with Crippen molar-refractivity contribution in [3.8, 4) is 0 Å². The van der Waals surface area contributed by atoms with Crippen molar-refractivity contribution in [2.45, 2.75) is 32.1 Å². The van der Waals surface area contributed by atoms with Gasteiger partial charge in [-0.25, -0.2) is 0 Å². The van der Waals surface area contributed by atoms with Crippen LogP contribution < -0.4 is 10.6 Å². The molecule has 1 aromatic carbocycles. The highest BCUT2D eigenvalue weighted by Gasteiger charge is 2.14. The third kappa shape index (κ3) is 4.91. The molecule has 2 amide bonds. The second-order valence-corrected chi connectivity index (χ2v) is 4.91. The molecule has 5 heteroatoms. The molecule has 1 rings (SSSR count). The van der Waals surface area contributed by atoms with Crippen molar-refractivity contribution in [2.24, 2.45) is 0 Å². The van der Waals surface area contributed by atoms with Gasteiger partial charge >= 0.3 is 0 Å². The van der Waals surface area contributed by atoms with Gasteiger partial charge in [-0.15, -0.1) is 11.6 Å². The number of nitrogens with one attached hydrogen (secondary N) is 2. The van der Waals surface area contributed by atoms with Crippen LogP contribution in [0.3, 0.4) is 0 Å². The normalized spacial score (nSPS) is 11.7. The summed E-state index contributed by atoms with van der Waals surface area (Å²) >= 11 is 5.70. The highest BCUT2D eigenvalue weighted by molar-refractivity contribution is 6.32. The van der Waals surface area contributed by atoms with E-state index in [1.54, 1.807) is 31.2 Å². The van der Waals surface area contributed by atoms with Gasteiger partial charge in [0, 0.05) is 6.54 Å². The number of hydrogen-bond donors (Lipinski definition) is 2. The third-order valence-electron chi connectivity index (χ3n) is 2.61. The number of rotatable bonds is 6. The number of amides is 2. The van der Waals surface area contributed by atoms with Gasteiger partial charge in [0.05, 0.1) is 11.3 Å². The number of benzene rings is 1. The molecule has 0 radical (unpaired) electrons. The van der Waals surface area contributed by atoms with Crippen LogP contribution in [0, 0.1) is 0 Å². The maximum absolute atomic E-state index is 12.0. The van der Waals surface area contributed by atoms with Gasteiger partial charge in [0.2, 0.25) is 5.91 Å². The second kappa shape index (κ2) is 7.79. The molecule has 0 saturated carbocycles. The van der Waals surface area contributed by atoms with Crippen LogP contribution >= 0.6 is 11.6 Å². The number of halogens is 1. The fraction of sp³-hybridized carbons (Fsp3) is 0.429. The Balaban J connectivity index is 2.77. The molecular formula is C14H19ClN2O2. The zero-order chi connectivity index (χ0) is 14.3. The van der Waals surface area contributed by atoms with Gasteiger partial charge in [-0.05, 0) is 25.5 Å². The molecule has 104 valence electrons. The average Bonchev–Trinajstić information content (AvgIpc) is 2.39. The first-order chi connectivity index (χ1) is 9.06. The lowest BCUT2D eigenvalue weighted by Gasteiger charge is -2.12. The molecule has 1 atom stereocenters. The van der Waals surface area contributed by atoms with E-state index in [1.807, 2.05) is 0 Å². The minimum absolute atomic E-state index is 0.188. The van der Waals surface area contributed by atoms with Crippen molar-refractivity contribution in [1.82, 2.24) is 5.32 Å². The summed E-state index contributed by atoms with van der Waals surface area (Å²) in [5.41, 5.74) is 0.929. The van der Waals surface area contributed by atoms with Crippen molar-refractivity contribution in [3.63, 3.8) is 0 Å². The molecule has 0 spiro atoms. The Hall–Kier alpha value is -1.55. The largest absolute Gasteiger partial charge is 0.352 e. The van der Waals surface area contributed by atoms with Gasteiger partial charge in [-0.2, -0.15) is 0 Å². The Labute approximate surface area is 118 Å². The minimum atomic E-state index is -0.642. The Morgan fingerprint density at radius 1 is 1.32 bits per heavy atom. The highest BCUT2D eigenvalue weighted by atomic mass is 35.5. The van der Waals surface area contributed by atoms with Crippen molar-refractivity contribution in [2.75, 3.05) is 11.9 Å². The van der Waals surface area contributed by atoms with E-state index in [0.717, 1.165) is 12.8 Å². The van der Waals surface area contributed by atoms with Crippen molar-refractivity contribution >= 4 is 29.1 Å². The van der Waals surface area contributed by atoms with E-state index in [1.165, 1.54) is 0 Å². The van der Waals surface area contributed by atoms with Crippen LogP contribution in [0.4, 0.5) is 5.69 Å². The number of para-hydroxylation sites is 1. The molecule has 0 aliphatic rings. The number of alkyl halides is 1. The summed E-state index contributed by atoms with van der Waals surface area (Å²) in [6.45, 7) is 4.27. The minimum Gasteiger partial charge on any atom is -0.352 e. The maximum Gasteiger partial charge on any atom is 0.253 e. The summed E-state index contributed by atoms with van der Waals surface area (Å²) in [4.78, 5) is 23.6. The molecule has 0 aliphatic carbocycles. The summed E-state index contributed by atoms with van der Waals surface area (Å²) in [5.74, 6) is -0.512. The van der Waals surface area contributed by atoms with Crippen molar-refractivity contribution in [1.29, 1.82) is 0 Å². The van der Waals surface area contributed by atoms with E-state index in [2.05, 4.69) is 17.6 Å². The van der Waals surface area contributed by atoms with Crippen molar-refractivity contribution in [3.05, 3.63) is 29.8 Å². The van der Waals surface area contributed by atoms with Gasteiger partial charge in [0.25, 0.3) is 5.91 Å². The molecular weight excluding hydrogens is 264 g/mol. The van der Waals surface area contributed by atoms with Crippen LogP contribution in [-0.2, 0) is 4.79 Å². The second-order valence-electron chi connectivity index (χ2n) is 4.26. The van der Waals surface area contributed by atoms with Gasteiger partial charge in [-0.1, -0.05) is 25.5 Å². The average molecular weight is 283 g/mol. The smallest absolute Gasteiger partial charge is 0.253 e. The molecule has 0 aliphatic heterocycles. The third-order valence-corrected chi connectivity index (χ3v) is 2.80. The van der Waals surface area contributed by atoms with Crippen LogP contribution in [0.15, 0.2) is 24.3 Å². The lowest BCUT2D eigenvalue weighted by molar-refractivity contribution is -0.115. The summed E-state index contributed by atoms with van der Waals surface area (Å²) in [7, 11) is 0. The predicted molar refractivity (Wildman–Crippen MR) is 77.6 cm³/mol. The Bertz CT molecular complexity index is 447. The highest BCUT2D eigenvalue weighted by Crippen LogP contribution is 2.15. The zero-order valence-electron chi connectivity index (χ0n) is 11.2. The van der Waals surface area contributed by atoms with Crippen LogP contribution in [0.1, 0.15) is 37.0 Å². The zero-order valence-corrected chi connectivity index (χ0v) is 12.0. The first kappa shape index (κ1) is 15.5. The summed E-state index contributed by atoms with van der Waals surface area (Å²) in [6.07, 6.45) is 1.95. The molecule has 2 N–H and O–H groups in total. The van der Waals surface area contributed by atoms with Crippen LogP contribution in [-0.4, -0.2) is 23.7 Å². The van der Waals surface area contributed by atoms with Crippen molar-refractivity contribution < 1.29 is 9.59 Å². The van der Waals surface area contributed by atoms with Crippen LogP contribution in [0.25, 0.3) is 0 Å². The maximum atomic E-state index is 12.0. The van der Waals surface area contributed by atoms with Crippen LogP contribution in [0.5, 0.6) is 0 Å². The molecule has 0 saturated heterocycles. The van der Waals surface area contributed by atoms with E-state index < -0.39 is 5.38 Å². The van der Waals surface area contributed by atoms with E-state index in [4.69, 9.17) is 11.6 Å². The Morgan fingerprint density at radius 2 is 2.00 bits per heavy atom. The number of carbonyl (C=O) groups excluding carboxylic acids is 2. The molecule has 0 heterocycles. The standard InChI is InChI=1S/C14H19ClN2O2/c1-3-4-9-16-14(19)11-7-5-6-8-12(11)17-13(18)10(2)15/h5-8,10H,3-4,9H2,1-2H3,(H,16,19)(H,17,18). The van der Waals surface area contributed by atoms with Gasteiger partial charge in [0.1, 0.15) is 5.38 Å². The summed E-state index contributed by atoms with van der Waals surface area (Å²) < 4.78 is 0. The topological polar surface area (TPSA) is 58.2 Å². The molecule has 0 aromatic heterocycles. The number of anilines is 1. The molecule has 0 bridgehead atoms. The van der Waals surface area contributed by atoms with Gasteiger partial charge in [0.15, 0.2) is 0 Å². The van der Waals surface area contributed by atoms with E-state index in [0.29, 0.717) is 17.8 Å². The Morgan fingerprint density at radius 3 is 2.63 bits per heavy atom. The number of unbranched alkanes of at least 4 members (excludes halogenated alkanes) is 1. The SMILES string of the molecule is CCCCNC(=O)c1ccccc1NC(=O)C(C)Cl. The first-order valence-corrected chi connectivity index (χ1v) is 6.82. The quantitative estimate of drug-likeness (QED) is 0.623. The van der Waals surface area contributed by atoms with Crippen LogP contribution in [0.2, 0.25) is 0 Å². The fourth-order valence-electron chi connectivity index (χ4n) is 1.50. The van der Waals surface area contributed by atoms with Gasteiger partial charge < -0.3 is 10.6 Å². The van der Waals surface area contributed by atoms with E-state index in [-0.39, 0.29) is 11.8 Å². The van der Waals surface area contributed by atoms with E-state index >= 15 is 0 Å². The van der Waals surface area contributed by atoms with Gasteiger partial charge in [-0.3, -0.25) is 9.59 Å². The Kier molecular flexibility index (Phi) is 6.36. The fourth-order valence-corrected chi connectivity index (χ4v) is 1.55. The monoisotopic (exact) mass is 282 g/mol. The molecule has 0 fully saturated rings. The predicted octanol–water partition coefficient (Wildman–Crippen LogP) is 2.78. The number of hydrogen-bond acceptors (Lipinski definition) is 2. The summed E-state index contributed by atoms with van der Waals surface area (Å²) in [5, 5.41) is 4.83. The molecule has 1 unspecified atom stereocenters.